The number of alkyl halides is 3. The smallest absolute Gasteiger partial charge is 0.300 e. The van der Waals surface area contributed by atoms with E-state index in [2.05, 4.69) is 12.0 Å². The van der Waals surface area contributed by atoms with E-state index in [1.807, 2.05) is 6.92 Å². The molecule has 2 amide bonds. The number of carbonyl (C=O) groups is 3. The minimum atomic E-state index is -4.57. The Morgan fingerprint density at radius 3 is 2.24 bits per heavy atom. The predicted molar refractivity (Wildman–Crippen MR) is 104 cm³/mol. The molecule has 1 unspecified atom stereocenters. The molecule has 0 aromatic heterocycles. The van der Waals surface area contributed by atoms with Gasteiger partial charge in [0.25, 0.3) is 11.8 Å². The van der Waals surface area contributed by atoms with Crippen molar-refractivity contribution < 1.29 is 27.6 Å². The zero-order valence-corrected chi connectivity index (χ0v) is 17.4. The lowest BCUT2D eigenvalue weighted by atomic mass is 10.0. The zero-order chi connectivity index (χ0) is 22.5. The number of ketones is 1. The van der Waals surface area contributed by atoms with E-state index >= 15 is 0 Å². The normalized spacial score (nSPS) is 17.2. The molecule has 160 valence electrons. The number of rotatable bonds is 9. The van der Waals surface area contributed by atoms with Gasteiger partial charge in [-0.2, -0.15) is 18.2 Å². The van der Waals surface area contributed by atoms with Crippen LogP contribution in [0, 0.1) is 5.92 Å². The number of hydrogen-bond donors (Lipinski definition) is 1. The lowest BCUT2D eigenvalue weighted by Gasteiger charge is -2.23. The van der Waals surface area contributed by atoms with Gasteiger partial charge in [-0.1, -0.05) is 20.4 Å². The first-order valence-electron chi connectivity index (χ1n) is 9.30. The molecular formula is C21H27F3N2O3. The summed E-state index contributed by atoms with van der Waals surface area (Å²) in [6.07, 6.45) is -1.63. The fourth-order valence-electron chi connectivity index (χ4n) is 2.69. The molecule has 1 aliphatic rings. The van der Waals surface area contributed by atoms with Crippen LogP contribution in [0.1, 0.15) is 53.9 Å². The third-order valence-corrected chi connectivity index (χ3v) is 4.74. The number of halogens is 3. The number of allylic oxidation sites excluding steroid dienone is 5. The number of carbonyl (C=O) groups excluding carboxylic acids is 3. The van der Waals surface area contributed by atoms with E-state index in [1.54, 1.807) is 6.92 Å². The molecule has 29 heavy (non-hydrogen) atoms. The van der Waals surface area contributed by atoms with E-state index in [4.69, 9.17) is 0 Å². The highest BCUT2D eigenvalue weighted by atomic mass is 19.4. The average Bonchev–Trinajstić information content (AvgIpc) is 2.80. The maximum atomic E-state index is 13.2. The van der Waals surface area contributed by atoms with Crippen molar-refractivity contribution in [3.05, 3.63) is 46.7 Å². The van der Waals surface area contributed by atoms with Gasteiger partial charge < -0.3 is 4.79 Å². The first-order chi connectivity index (χ1) is 13.3. The quantitative estimate of drug-likeness (QED) is 0.446. The van der Waals surface area contributed by atoms with Gasteiger partial charge in [0.1, 0.15) is 5.78 Å². The van der Waals surface area contributed by atoms with Crippen LogP contribution in [0.2, 0.25) is 0 Å². The largest absolute Gasteiger partial charge is 0.416 e. The molecule has 0 aromatic rings. The van der Waals surface area contributed by atoms with Gasteiger partial charge in [-0.3, -0.25) is 15.0 Å². The van der Waals surface area contributed by atoms with Crippen LogP contribution in [-0.4, -0.2) is 28.8 Å². The zero-order valence-electron chi connectivity index (χ0n) is 17.4. The lowest BCUT2D eigenvalue weighted by molar-refractivity contribution is -0.140. The molecule has 1 aliphatic heterocycles. The molecule has 0 saturated carbocycles. The number of imide groups is 1. The topological polar surface area (TPSA) is 66.5 Å². The highest BCUT2D eigenvalue weighted by Crippen LogP contribution is 2.31. The number of amides is 2. The van der Waals surface area contributed by atoms with Gasteiger partial charge in [-0.25, -0.2) is 0 Å². The molecule has 0 aromatic carbocycles. The van der Waals surface area contributed by atoms with Gasteiger partial charge in [0.05, 0.1) is 5.57 Å². The first-order valence-corrected chi connectivity index (χ1v) is 9.30. The number of nitrogens with zero attached hydrogens (tertiary/aromatic N) is 1. The third-order valence-electron chi connectivity index (χ3n) is 4.74. The second kappa shape index (κ2) is 9.71. The second-order valence-corrected chi connectivity index (χ2v) is 7.15. The maximum absolute atomic E-state index is 13.2. The van der Waals surface area contributed by atoms with Crippen LogP contribution in [0.5, 0.6) is 0 Å². The molecule has 0 radical (unpaired) electrons. The number of Topliss-reactive ketones (excluding diaryl/α,β-unsaturated/α-hetero) is 1. The molecule has 0 aliphatic carbocycles. The summed E-state index contributed by atoms with van der Waals surface area (Å²) in [5.74, 6) is -1.53. The Bertz CT molecular complexity index is 804. The summed E-state index contributed by atoms with van der Waals surface area (Å²) in [5, 5.41) is 0.796. The van der Waals surface area contributed by atoms with Crippen molar-refractivity contribution in [1.82, 2.24) is 10.4 Å². The molecule has 0 fully saturated rings. The van der Waals surface area contributed by atoms with Crippen molar-refractivity contribution in [2.45, 2.75) is 60.1 Å². The standard InChI is InChI=1S/C21H27F3N2O3/c1-7-13(4)18(11-10-17(12(2)3)21(22,23)24)25-26-19(28)15(6)16(20(26)29)9-8-14(5)27/h10-11,13,25H,2,7-9H2,1,3-6H3/b17-10+,18-11+. The van der Waals surface area contributed by atoms with E-state index in [1.165, 1.54) is 26.8 Å². The minimum absolute atomic E-state index is 0.109. The summed E-state index contributed by atoms with van der Waals surface area (Å²) in [6, 6.07) is 0. The van der Waals surface area contributed by atoms with Crippen molar-refractivity contribution in [2.24, 2.45) is 5.92 Å². The first kappa shape index (κ1) is 24.4. The van der Waals surface area contributed by atoms with Crippen molar-refractivity contribution in [1.29, 1.82) is 0 Å². The van der Waals surface area contributed by atoms with Crippen LogP contribution >= 0.6 is 0 Å². The number of nitrogens with one attached hydrogen (secondary N) is 1. The highest BCUT2D eigenvalue weighted by molar-refractivity contribution is 6.18. The Labute approximate surface area is 169 Å². The molecule has 1 heterocycles. The molecule has 5 nitrogen and oxygen atoms in total. The van der Waals surface area contributed by atoms with Crippen molar-refractivity contribution in [3.63, 3.8) is 0 Å². The fourth-order valence-corrected chi connectivity index (χ4v) is 2.69. The van der Waals surface area contributed by atoms with Crippen molar-refractivity contribution >= 4 is 17.6 Å². The van der Waals surface area contributed by atoms with Gasteiger partial charge in [0, 0.05) is 23.3 Å². The number of hydrazine groups is 1. The van der Waals surface area contributed by atoms with Crippen molar-refractivity contribution in [3.8, 4) is 0 Å². The monoisotopic (exact) mass is 412 g/mol. The van der Waals surface area contributed by atoms with Gasteiger partial charge in [0.15, 0.2) is 0 Å². The maximum Gasteiger partial charge on any atom is 0.416 e. The third kappa shape index (κ3) is 6.17. The summed E-state index contributed by atoms with van der Waals surface area (Å²) in [4.78, 5) is 36.3. The van der Waals surface area contributed by atoms with Crippen LogP contribution in [0.15, 0.2) is 46.7 Å². The Kier molecular flexibility index (Phi) is 8.17. The molecule has 1 atom stereocenters. The molecular weight excluding hydrogens is 385 g/mol. The minimum Gasteiger partial charge on any atom is -0.300 e. The summed E-state index contributed by atoms with van der Waals surface area (Å²) < 4.78 is 39.5. The molecule has 0 saturated heterocycles. The Balaban J connectivity index is 3.21. The van der Waals surface area contributed by atoms with E-state index < -0.39 is 23.6 Å². The lowest BCUT2D eigenvalue weighted by Crippen LogP contribution is -2.44. The van der Waals surface area contributed by atoms with E-state index in [0.717, 1.165) is 11.1 Å². The summed E-state index contributed by atoms with van der Waals surface area (Å²) in [7, 11) is 0. The summed E-state index contributed by atoms with van der Waals surface area (Å²) in [5.41, 5.74) is 2.39. The van der Waals surface area contributed by atoms with Gasteiger partial charge >= 0.3 is 6.18 Å². The second-order valence-electron chi connectivity index (χ2n) is 7.15. The highest BCUT2D eigenvalue weighted by Gasteiger charge is 2.37. The summed E-state index contributed by atoms with van der Waals surface area (Å²) in [6.45, 7) is 11.1. The van der Waals surface area contributed by atoms with Crippen molar-refractivity contribution in [2.75, 3.05) is 0 Å². The predicted octanol–water partition coefficient (Wildman–Crippen LogP) is 4.54. The molecule has 8 heteroatoms. The van der Waals surface area contributed by atoms with Gasteiger partial charge in [-0.15, -0.1) is 0 Å². The Hall–Kier alpha value is -2.64. The van der Waals surface area contributed by atoms with E-state index in [-0.39, 0.29) is 47.0 Å². The molecule has 0 bridgehead atoms. The van der Waals surface area contributed by atoms with E-state index in [9.17, 15) is 27.6 Å². The van der Waals surface area contributed by atoms with Gasteiger partial charge in [-0.05, 0) is 57.3 Å². The molecule has 0 spiro atoms. The van der Waals surface area contributed by atoms with Crippen LogP contribution < -0.4 is 5.43 Å². The molecule has 1 rings (SSSR count). The number of hydrogen-bond acceptors (Lipinski definition) is 4. The van der Waals surface area contributed by atoms with Crippen LogP contribution in [-0.2, 0) is 14.4 Å². The average molecular weight is 412 g/mol. The van der Waals surface area contributed by atoms with E-state index in [0.29, 0.717) is 6.42 Å². The molecule has 1 N–H and O–H groups in total. The van der Waals surface area contributed by atoms with Crippen LogP contribution in [0.25, 0.3) is 0 Å². The van der Waals surface area contributed by atoms with Crippen LogP contribution in [0.4, 0.5) is 13.2 Å². The summed E-state index contributed by atoms with van der Waals surface area (Å²) >= 11 is 0. The fraction of sp³-hybridized carbons (Fsp3) is 0.476. The SMILES string of the molecule is C=C(C)/C(=C\C=C(\NN1C(=O)C(C)=C(CCC(C)=O)C1=O)C(C)CC)C(F)(F)F. The van der Waals surface area contributed by atoms with Crippen LogP contribution in [0.3, 0.4) is 0 Å². The Morgan fingerprint density at radius 2 is 1.79 bits per heavy atom. The Morgan fingerprint density at radius 1 is 1.21 bits per heavy atom. The van der Waals surface area contributed by atoms with Gasteiger partial charge in [0.2, 0.25) is 0 Å².